The number of hydrogen-bond donors (Lipinski definition) is 2. The van der Waals surface area contributed by atoms with Crippen LogP contribution in [0.2, 0.25) is 5.02 Å². The molecule has 160 valence electrons. The van der Waals surface area contributed by atoms with Crippen molar-refractivity contribution in [1.82, 2.24) is 0 Å². The van der Waals surface area contributed by atoms with Gasteiger partial charge >= 0.3 is 0 Å². The van der Waals surface area contributed by atoms with Crippen molar-refractivity contribution in [3.05, 3.63) is 77.3 Å². The van der Waals surface area contributed by atoms with Crippen molar-refractivity contribution in [2.75, 3.05) is 31.5 Å². The smallest absolute Gasteiger partial charge is 0.262 e. The van der Waals surface area contributed by atoms with Gasteiger partial charge in [-0.2, -0.15) is 0 Å². The number of amides is 2. The maximum Gasteiger partial charge on any atom is 0.262 e. The zero-order valence-corrected chi connectivity index (χ0v) is 17.7. The van der Waals surface area contributed by atoms with Gasteiger partial charge in [0.25, 0.3) is 11.8 Å². The Morgan fingerprint density at radius 3 is 2.10 bits per heavy atom. The molecule has 0 spiro atoms. The van der Waals surface area contributed by atoms with Crippen LogP contribution in [-0.2, 0) is 4.79 Å². The number of ether oxygens (including phenoxy) is 3. The van der Waals surface area contributed by atoms with Gasteiger partial charge in [-0.15, -0.1) is 0 Å². The highest BCUT2D eigenvalue weighted by Gasteiger charge is 2.13. The van der Waals surface area contributed by atoms with E-state index < -0.39 is 0 Å². The summed E-state index contributed by atoms with van der Waals surface area (Å²) in [5.41, 5.74) is 1.61. The lowest BCUT2D eigenvalue weighted by Crippen LogP contribution is -2.20. The van der Waals surface area contributed by atoms with Crippen molar-refractivity contribution < 1.29 is 23.8 Å². The summed E-state index contributed by atoms with van der Waals surface area (Å²) in [6.45, 7) is -0.224. The molecule has 0 aromatic heterocycles. The molecule has 0 bridgehead atoms. The van der Waals surface area contributed by atoms with E-state index in [1.807, 2.05) is 0 Å². The van der Waals surface area contributed by atoms with Gasteiger partial charge in [-0.1, -0.05) is 11.6 Å². The lowest BCUT2D eigenvalue weighted by molar-refractivity contribution is -0.118. The maximum atomic E-state index is 12.5. The summed E-state index contributed by atoms with van der Waals surface area (Å²) in [6.07, 6.45) is 0. The van der Waals surface area contributed by atoms with Crippen LogP contribution in [0.1, 0.15) is 10.4 Å². The summed E-state index contributed by atoms with van der Waals surface area (Å²) in [5, 5.41) is 6.08. The number of carbonyl (C=O) groups is 2. The molecule has 0 aliphatic heterocycles. The fraction of sp³-hybridized carbons (Fsp3) is 0.130. The Hall–Kier alpha value is -3.71. The van der Waals surface area contributed by atoms with E-state index in [9.17, 15) is 9.59 Å². The molecular weight excluding hydrogens is 420 g/mol. The van der Waals surface area contributed by atoms with Crippen LogP contribution in [0.4, 0.5) is 11.4 Å². The Labute approximate surface area is 184 Å². The topological polar surface area (TPSA) is 85.9 Å². The van der Waals surface area contributed by atoms with Crippen molar-refractivity contribution in [2.45, 2.75) is 0 Å². The molecule has 0 saturated heterocycles. The monoisotopic (exact) mass is 440 g/mol. The third kappa shape index (κ3) is 6.13. The van der Waals surface area contributed by atoms with E-state index in [1.54, 1.807) is 73.8 Å². The molecule has 0 fully saturated rings. The second kappa shape index (κ2) is 10.4. The molecule has 2 N–H and O–H groups in total. The van der Waals surface area contributed by atoms with Crippen molar-refractivity contribution in [3.63, 3.8) is 0 Å². The number of methoxy groups -OCH3 is 2. The molecule has 8 heteroatoms. The molecule has 7 nitrogen and oxygen atoms in total. The van der Waals surface area contributed by atoms with Gasteiger partial charge in [-0.25, -0.2) is 0 Å². The molecule has 0 aliphatic rings. The fourth-order valence-corrected chi connectivity index (χ4v) is 2.81. The summed E-state index contributed by atoms with van der Waals surface area (Å²) < 4.78 is 16.0. The molecule has 3 aromatic rings. The van der Waals surface area contributed by atoms with E-state index in [0.717, 1.165) is 0 Å². The zero-order valence-electron chi connectivity index (χ0n) is 17.0. The minimum atomic E-state index is -0.336. The largest absolute Gasteiger partial charge is 0.497 e. The third-order valence-electron chi connectivity index (χ3n) is 4.26. The number of carbonyl (C=O) groups excluding carboxylic acids is 2. The van der Waals surface area contributed by atoms with Crippen molar-refractivity contribution in [1.29, 1.82) is 0 Å². The maximum absolute atomic E-state index is 12.5. The van der Waals surface area contributed by atoms with E-state index in [-0.39, 0.29) is 18.4 Å². The summed E-state index contributed by atoms with van der Waals surface area (Å²) >= 11 is 5.86. The minimum absolute atomic E-state index is 0.224. The van der Waals surface area contributed by atoms with Crippen LogP contribution in [0, 0.1) is 0 Å². The second-order valence-corrected chi connectivity index (χ2v) is 6.83. The van der Waals surface area contributed by atoms with Crippen LogP contribution < -0.4 is 24.8 Å². The normalized spacial score (nSPS) is 10.2. The molecule has 0 heterocycles. The molecule has 0 radical (unpaired) electrons. The highest BCUT2D eigenvalue weighted by Crippen LogP contribution is 2.28. The van der Waals surface area contributed by atoms with Crippen LogP contribution in [0.15, 0.2) is 66.7 Å². The number of anilines is 2. The first-order valence-electron chi connectivity index (χ1n) is 9.30. The van der Waals surface area contributed by atoms with E-state index >= 15 is 0 Å². The predicted octanol–water partition coefficient (Wildman–Crippen LogP) is 4.63. The Morgan fingerprint density at radius 1 is 0.806 bits per heavy atom. The average molecular weight is 441 g/mol. The SMILES string of the molecule is COc1ccc(NC(=O)COc2ccc(C(=O)Nc3ccc(Cl)cc3)cc2OC)cc1. The molecule has 0 saturated carbocycles. The van der Waals surface area contributed by atoms with Crippen LogP contribution in [0.25, 0.3) is 0 Å². The Kier molecular flexibility index (Phi) is 7.35. The Morgan fingerprint density at radius 2 is 1.45 bits per heavy atom. The lowest BCUT2D eigenvalue weighted by Gasteiger charge is -2.13. The van der Waals surface area contributed by atoms with Crippen molar-refractivity contribution in [2.24, 2.45) is 0 Å². The van der Waals surface area contributed by atoms with Gasteiger partial charge in [-0.3, -0.25) is 9.59 Å². The molecule has 0 atom stereocenters. The van der Waals surface area contributed by atoms with Crippen LogP contribution >= 0.6 is 11.6 Å². The standard InChI is InChI=1S/C23H21ClN2O5/c1-29-19-10-8-17(9-11-19)25-22(27)14-31-20-12-3-15(13-21(20)30-2)23(28)26-18-6-4-16(24)5-7-18/h3-13H,14H2,1-2H3,(H,25,27)(H,26,28). The zero-order chi connectivity index (χ0) is 22.2. The van der Waals surface area contributed by atoms with Crippen molar-refractivity contribution in [3.8, 4) is 17.2 Å². The van der Waals surface area contributed by atoms with Gasteiger partial charge in [-0.05, 0) is 66.7 Å². The van der Waals surface area contributed by atoms with E-state index in [0.29, 0.717) is 39.2 Å². The summed E-state index contributed by atoms with van der Waals surface area (Å²) in [7, 11) is 3.03. The Bertz CT molecular complexity index is 1050. The first-order valence-corrected chi connectivity index (χ1v) is 9.68. The molecule has 31 heavy (non-hydrogen) atoms. The summed E-state index contributed by atoms with van der Waals surface area (Å²) in [5.74, 6) is 0.719. The number of hydrogen-bond acceptors (Lipinski definition) is 5. The van der Waals surface area contributed by atoms with Crippen molar-refractivity contribution >= 4 is 34.8 Å². The summed E-state index contributed by atoms with van der Waals surface area (Å²) in [4.78, 5) is 24.6. The van der Waals surface area contributed by atoms with Gasteiger partial charge < -0.3 is 24.8 Å². The van der Waals surface area contributed by atoms with E-state index in [4.69, 9.17) is 25.8 Å². The quantitative estimate of drug-likeness (QED) is 0.533. The van der Waals surface area contributed by atoms with Gasteiger partial charge in [0.05, 0.1) is 14.2 Å². The van der Waals surface area contributed by atoms with Gasteiger partial charge in [0.2, 0.25) is 0 Å². The molecule has 0 aliphatic carbocycles. The lowest BCUT2D eigenvalue weighted by atomic mass is 10.2. The van der Waals surface area contributed by atoms with E-state index in [1.165, 1.54) is 7.11 Å². The summed E-state index contributed by atoms with van der Waals surface area (Å²) in [6, 6.07) is 18.4. The van der Waals surface area contributed by atoms with Crippen LogP contribution in [-0.4, -0.2) is 32.6 Å². The van der Waals surface area contributed by atoms with Gasteiger partial charge in [0.15, 0.2) is 18.1 Å². The Balaban J connectivity index is 1.60. The first kappa shape index (κ1) is 22.0. The van der Waals surface area contributed by atoms with Gasteiger partial charge in [0, 0.05) is 22.0 Å². The van der Waals surface area contributed by atoms with E-state index in [2.05, 4.69) is 10.6 Å². The minimum Gasteiger partial charge on any atom is -0.497 e. The predicted molar refractivity (Wildman–Crippen MR) is 120 cm³/mol. The molecule has 0 unspecified atom stereocenters. The van der Waals surface area contributed by atoms with Crippen LogP contribution in [0.3, 0.4) is 0 Å². The van der Waals surface area contributed by atoms with Gasteiger partial charge in [0.1, 0.15) is 5.75 Å². The molecular formula is C23H21ClN2O5. The van der Waals surface area contributed by atoms with Crippen LogP contribution in [0.5, 0.6) is 17.2 Å². The number of benzene rings is 3. The number of halogens is 1. The molecule has 3 rings (SSSR count). The fourth-order valence-electron chi connectivity index (χ4n) is 2.68. The average Bonchev–Trinajstić information content (AvgIpc) is 2.79. The first-order chi connectivity index (χ1) is 15.0. The second-order valence-electron chi connectivity index (χ2n) is 6.39. The highest BCUT2D eigenvalue weighted by molar-refractivity contribution is 6.30. The highest BCUT2D eigenvalue weighted by atomic mass is 35.5. The number of nitrogens with one attached hydrogen (secondary N) is 2. The third-order valence-corrected chi connectivity index (χ3v) is 4.51. The molecule has 3 aromatic carbocycles. The number of rotatable bonds is 8. The molecule has 2 amide bonds.